The maximum absolute atomic E-state index is 13.1. The second-order valence-electron chi connectivity index (χ2n) is 5.90. The number of amides is 1. The molecule has 0 radical (unpaired) electrons. The Morgan fingerprint density at radius 3 is 2.47 bits per heavy atom. The van der Waals surface area contributed by atoms with E-state index in [0.29, 0.717) is 12.1 Å². The summed E-state index contributed by atoms with van der Waals surface area (Å²) in [4.78, 5) is 24.5. The van der Waals surface area contributed by atoms with Crippen LogP contribution in [0.4, 0.5) is 22.0 Å². The lowest BCUT2D eigenvalue weighted by atomic mass is 10.1. The smallest absolute Gasteiger partial charge is 0.416 e. The van der Waals surface area contributed by atoms with Gasteiger partial charge < -0.3 is 10.1 Å². The van der Waals surface area contributed by atoms with Crippen LogP contribution in [-0.4, -0.2) is 37.3 Å². The molecule has 0 saturated heterocycles. The summed E-state index contributed by atoms with van der Waals surface area (Å²) in [5.41, 5.74) is -1.83. The van der Waals surface area contributed by atoms with Gasteiger partial charge in [-0.25, -0.2) is 15.0 Å². The van der Waals surface area contributed by atoms with Crippen LogP contribution in [0, 0.1) is 0 Å². The second kappa shape index (κ2) is 8.39. The van der Waals surface area contributed by atoms with Gasteiger partial charge in [-0.3, -0.25) is 4.79 Å². The van der Waals surface area contributed by atoms with Crippen LogP contribution < -0.4 is 10.1 Å². The highest BCUT2D eigenvalue weighted by molar-refractivity contribution is 5.95. The van der Waals surface area contributed by atoms with E-state index in [2.05, 4.69) is 30.1 Å². The predicted octanol–water partition coefficient (Wildman–Crippen LogP) is 3.17. The van der Waals surface area contributed by atoms with Crippen LogP contribution >= 0.6 is 0 Å². The number of carbonyl (C=O) groups is 1. The zero-order chi connectivity index (χ0) is 21.9. The molecule has 1 N–H and O–H groups in total. The van der Waals surface area contributed by atoms with Gasteiger partial charge >= 0.3 is 12.8 Å². The van der Waals surface area contributed by atoms with Crippen LogP contribution in [0.2, 0.25) is 0 Å². The van der Waals surface area contributed by atoms with E-state index >= 15 is 0 Å². The van der Waals surface area contributed by atoms with Crippen molar-refractivity contribution in [1.29, 1.82) is 0 Å². The lowest BCUT2D eigenvalue weighted by Crippen LogP contribution is -2.29. The number of aromatic nitrogens is 5. The third kappa shape index (κ3) is 4.85. The molecule has 0 aliphatic carbocycles. The highest BCUT2D eigenvalue weighted by Gasteiger charge is 2.32. The zero-order valence-corrected chi connectivity index (χ0v) is 15.1. The number of alkyl halides is 5. The molecule has 3 aromatic rings. The summed E-state index contributed by atoms with van der Waals surface area (Å²) >= 11 is 0. The minimum atomic E-state index is -4.87. The van der Waals surface area contributed by atoms with Gasteiger partial charge in [0, 0.05) is 18.0 Å². The van der Waals surface area contributed by atoms with E-state index in [1.807, 2.05) is 0 Å². The molecule has 0 saturated carbocycles. The molecular formula is C17H13F5N6O2. The maximum atomic E-state index is 13.1. The first kappa shape index (κ1) is 21.1. The summed E-state index contributed by atoms with van der Waals surface area (Å²) in [5, 5.41) is 6.40. The molecule has 1 amide bonds. The molecule has 0 aliphatic heterocycles. The Balaban J connectivity index is 1.87. The number of halogens is 5. The van der Waals surface area contributed by atoms with Crippen molar-refractivity contribution in [3.8, 4) is 11.7 Å². The molecule has 1 unspecified atom stereocenters. The summed E-state index contributed by atoms with van der Waals surface area (Å²) in [7, 11) is 0. The van der Waals surface area contributed by atoms with Crippen LogP contribution in [0.3, 0.4) is 0 Å². The molecule has 0 bridgehead atoms. The molecule has 8 nitrogen and oxygen atoms in total. The van der Waals surface area contributed by atoms with Gasteiger partial charge in [0.25, 0.3) is 11.9 Å². The molecule has 30 heavy (non-hydrogen) atoms. The number of benzene rings is 1. The van der Waals surface area contributed by atoms with E-state index in [1.165, 1.54) is 30.3 Å². The molecule has 13 heteroatoms. The third-order valence-electron chi connectivity index (χ3n) is 3.77. The van der Waals surface area contributed by atoms with Gasteiger partial charge in [-0.05, 0) is 31.2 Å². The van der Waals surface area contributed by atoms with Crippen molar-refractivity contribution in [2.45, 2.75) is 25.8 Å². The van der Waals surface area contributed by atoms with E-state index in [1.54, 1.807) is 6.07 Å². The molecule has 0 spiro atoms. The zero-order valence-electron chi connectivity index (χ0n) is 15.1. The highest BCUT2D eigenvalue weighted by atomic mass is 19.4. The van der Waals surface area contributed by atoms with Gasteiger partial charge in [0.05, 0.1) is 11.6 Å². The van der Waals surface area contributed by atoms with Gasteiger partial charge in [0.1, 0.15) is 12.1 Å². The van der Waals surface area contributed by atoms with Crippen molar-refractivity contribution < 1.29 is 31.5 Å². The van der Waals surface area contributed by atoms with Crippen molar-refractivity contribution in [3.63, 3.8) is 0 Å². The molecule has 1 atom stereocenters. The number of hydrogen-bond donors (Lipinski definition) is 1. The van der Waals surface area contributed by atoms with Gasteiger partial charge in [-0.15, -0.1) is 0 Å². The Kier molecular flexibility index (Phi) is 5.89. The predicted molar refractivity (Wildman–Crippen MR) is 90.9 cm³/mol. The van der Waals surface area contributed by atoms with Gasteiger partial charge in [0.15, 0.2) is 5.82 Å². The first-order chi connectivity index (χ1) is 14.1. The third-order valence-corrected chi connectivity index (χ3v) is 3.77. The molecular weight excluding hydrogens is 415 g/mol. The average Bonchev–Trinajstić information content (AvgIpc) is 3.17. The summed E-state index contributed by atoms with van der Waals surface area (Å²) < 4.78 is 69.4. The number of hydrogen-bond acceptors (Lipinski definition) is 6. The Bertz CT molecular complexity index is 1020. The van der Waals surface area contributed by atoms with Crippen LogP contribution in [0.5, 0.6) is 5.75 Å². The monoisotopic (exact) mass is 428 g/mol. The average molecular weight is 428 g/mol. The maximum Gasteiger partial charge on any atom is 0.416 e. The van der Waals surface area contributed by atoms with E-state index in [-0.39, 0.29) is 11.8 Å². The lowest BCUT2D eigenvalue weighted by Gasteiger charge is -2.16. The number of nitrogens with one attached hydrogen (secondary N) is 1. The number of rotatable bonds is 6. The molecule has 2 heterocycles. The molecule has 0 fully saturated rings. The minimum absolute atomic E-state index is 0.165. The fraction of sp³-hybridized carbons (Fsp3) is 0.235. The fourth-order valence-electron chi connectivity index (χ4n) is 2.51. The summed E-state index contributed by atoms with van der Waals surface area (Å²) in [6.07, 6.45) is -0.755. The highest BCUT2D eigenvalue weighted by Crippen LogP contribution is 2.33. The Labute approximate surface area is 165 Å². The second-order valence-corrected chi connectivity index (χ2v) is 5.90. The largest absolute Gasteiger partial charge is 0.435 e. The van der Waals surface area contributed by atoms with E-state index in [9.17, 15) is 26.7 Å². The molecule has 158 valence electrons. The standard InChI is InChI=1S/C17H13F5N6O2/c1-9(13-25-8-26-28(13)16-23-3-2-4-24-16)27-14(29)10-5-11(17(20,21)22)7-12(6-10)30-15(18)19/h2-9,15H,1H3,(H,27,29). The lowest BCUT2D eigenvalue weighted by molar-refractivity contribution is -0.138. The molecule has 2 aromatic heterocycles. The van der Waals surface area contributed by atoms with E-state index in [4.69, 9.17) is 0 Å². The molecule has 3 rings (SSSR count). The first-order valence-electron chi connectivity index (χ1n) is 8.30. The van der Waals surface area contributed by atoms with Crippen molar-refractivity contribution in [1.82, 2.24) is 30.0 Å². The van der Waals surface area contributed by atoms with Crippen LogP contribution in [0.25, 0.3) is 5.95 Å². The normalized spacial score (nSPS) is 12.6. The van der Waals surface area contributed by atoms with Crippen molar-refractivity contribution in [2.24, 2.45) is 0 Å². The van der Waals surface area contributed by atoms with Crippen LogP contribution in [-0.2, 0) is 6.18 Å². The van der Waals surface area contributed by atoms with Crippen LogP contribution in [0.1, 0.15) is 34.7 Å². The molecule has 1 aromatic carbocycles. The fourth-order valence-corrected chi connectivity index (χ4v) is 2.51. The van der Waals surface area contributed by atoms with Crippen molar-refractivity contribution >= 4 is 5.91 Å². The quantitative estimate of drug-likeness (QED) is 0.606. The Morgan fingerprint density at radius 1 is 1.13 bits per heavy atom. The SMILES string of the molecule is CC(NC(=O)c1cc(OC(F)F)cc(C(F)(F)F)c1)c1ncnn1-c1ncccn1. The molecule has 0 aliphatic rings. The van der Waals surface area contributed by atoms with Crippen molar-refractivity contribution in [3.05, 3.63) is 59.9 Å². The van der Waals surface area contributed by atoms with Gasteiger partial charge in [-0.1, -0.05) is 0 Å². The number of nitrogens with zero attached hydrogens (tertiary/aromatic N) is 5. The Morgan fingerprint density at radius 2 is 1.83 bits per heavy atom. The summed E-state index contributed by atoms with van der Waals surface area (Å²) in [5.74, 6) is -1.39. The minimum Gasteiger partial charge on any atom is -0.435 e. The van der Waals surface area contributed by atoms with Gasteiger partial charge in [-0.2, -0.15) is 31.7 Å². The van der Waals surface area contributed by atoms with E-state index in [0.717, 1.165) is 6.07 Å². The van der Waals surface area contributed by atoms with Gasteiger partial charge in [0.2, 0.25) is 0 Å². The Hall–Kier alpha value is -3.64. The number of carbonyl (C=O) groups excluding carboxylic acids is 1. The van der Waals surface area contributed by atoms with E-state index < -0.39 is 41.6 Å². The summed E-state index contributed by atoms with van der Waals surface area (Å²) in [6, 6.07) is 2.45. The topological polar surface area (TPSA) is 94.8 Å². The summed E-state index contributed by atoms with van der Waals surface area (Å²) in [6.45, 7) is -1.85. The number of ether oxygens (including phenoxy) is 1. The first-order valence-corrected chi connectivity index (χ1v) is 8.30. The van der Waals surface area contributed by atoms with Crippen LogP contribution in [0.15, 0.2) is 43.0 Å². The van der Waals surface area contributed by atoms with Crippen molar-refractivity contribution in [2.75, 3.05) is 0 Å².